The van der Waals surface area contributed by atoms with Gasteiger partial charge in [0.1, 0.15) is 12.6 Å². The highest BCUT2D eigenvalue weighted by atomic mass is 31.2. The SMILES string of the molecule is CCCCCCCC/C=C/C/C=C/C/C=C/CCCC(=O)OC[C@H](COP(=O)(O)OC[C@H](N)C(=O)O)OC(=O)CCCCCCCCCCCCCCC. The summed E-state index contributed by atoms with van der Waals surface area (Å²) in [5, 5.41) is 8.87. The van der Waals surface area contributed by atoms with Crippen molar-refractivity contribution in [2.75, 3.05) is 19.8 Å². The summed E-state index contributed by atoms with van der Waals surface area (Å²) in [5.41, 5.74) is 5.32. The standard InChI is InChI=1S/C42H76NO10P/c1-3-5-7-9-11-13-15-17-18-19-20-22-23-25-27-29-31-33-40(44)50-35-38(36-51-54(48,49)52-37-39(43)42(46)47)53-41(45)34-32-30-28-26-24-21-16-14-12-10-8-6-4-2/h17-18,20,22,25,27,38-39H,3-16,19,21,23-24,26,28-37,43H2,1-2H3,(H,46,47)(H,48,49)/b18-17+,22-20+,27-25+/t38-,39+/m1/s1. The number of allylic oxidation sites excluding steroid dienone is 6. The number of ether oxygens (including phenoxy) is 2. The third kappa shape index (κ3) is 36.7. The average Bonchev–Trinajstić information content (AvgIpc) is 3.14. The molecule has 0 aromatic rings. The smallest absolute Gasteiger partial charge is 0.472 e. The maximum Gasteiger partial charge on any atom is 0.472 e. The Morgan fingerprint density at radius 3 is 1.52 bits per heavy atom. The maximum absolute atomic E-state index is 12.6. The molecule has 0 rings (SSSR count). The highest BCUT2D eigenvalue weighted by Crippen LogP contribution is 2.43. The molecule has 3 atom stereocenters. The first-order chi connectivity index (χ1) is 26.1. The van der Waals surface area contributed by atoms with Crippen LogP contribution in [0.5, 0.6) is 0 Å². The summed E-state index contributed by atoms with van der Waals surface area (Å²) in [4.78, 5) is 45.8. The normalized spacial score (nSPS) is 14.1. The zero-order valence-electron chi connectivity index (χ0n) is 33.8. The molecule has 0 fully saturated rings. The lowest BCUT2D eigenvalue weighted by Gasteiger charge is -2.20. The van der Waals surface area contributed by atoms with Crippen LogP contribution in [0.2, 0.25) is 0 Å². The van der Waals surface area contributed by atoms with Crippen molar-refractivity contribution in [1.82, 2.24) is 0 Å². The number of rotatable bonds is 39. The van der Waals surface area contributed by atoms with Gasteiger partial charge in [0.15, 0.2) is 6.10 Å². The number of carbonyl (C=O) groups excluding carboxylic acids is 2. The Morgan fingerprint density at radius 1 is 0.574 bits per heavy atom. The fourth-order valence-electron chi connectivity index (χ4n) is 5.55. The van der Waals surface area contributed by atoms with Crippen LogP contribution in [-0.4, -0.2) is 59.9 Å². The molecule has 0 aliphatic carbocycles. The van der Waals surface area contributed by atoms with Crippen LogP contribution in [0, 0.1) is 0 Å². The Morgan fingerprint density at radius 2 is 1.00 bits per heavy atom. The second kappa shape index (κ2) is 37.6. The number of carbonyl (C=O) groups is 3. The van der Waals surface area contributed by atoms with E-state index in [0.29, 0.717) is 19.3 Å². The van der Waals surface area contributed by atoms with Gasteiger partial charge < -0.3 is 25.2 Å². The highest BCUT2D eigenvalue weighted by molar-refractivity contribution is 7.47. The van der Waals surface area contributed by atoms with Crippen LogP contribution in [0.25, 0.3) is 0 Å². The lowest BCUT2D eigenvalue weighted by Crippen LogP contribution is -2.34. The molecule has 11 nitrogen and oxygen atoms in total. The number of unbranched alkanes of at least 4 members (excludes halogenated alkanes) is 19. The van der Waals surface area contributed by atoms with Crippen molar-refractivity contribution in [2.24, 2.45) is 5.73 Å². The molecule has 0 heterocycles. The molecule has 0 aromatic carbocycles. The number of phosphoric ester groups is 1. The average molecular weight is 786 g/mol. The molecular formula is C42H76NO10P. The van der Waals surface area contributed by atoms with Crippen molar-refractivity contribution in [1.29, 1.82) is 0 Å². The van der Waals surface area contributed by atoms with Gasteiger partial charge in [0, 0.05) is 12.8 Å². The zero-order chi connectivity index (χ0) is 40.0. The predicted octanol–water partition coefficient (Wildman–Crippen LogP) is 10.8. The molecule has 0 radical (unpaired) electrons. The van der Waals surface area contributed by atoms with Crippen LogP contribution in [0.4, 0.5) is 0 Å². The summed E-state index contributed by atoms with van der Waals surface area (Å²) < 4.78 is 32.6. The number of carboxylic acid groups (broad SMARTS) is 1. The van der Waals surface area contributed by atoms with E-state index in [2.05, 4.69) is 48.8 Å². The monoisotopic (exact) mass is 786 g/mol. The van der Waals surface area contributed by atoms with Crippen molar-refractivity contribution >= 4 is 25.7 Å². The van der Waals surface area contributed by atoms with Gasteiger partial charge in [-0.15, -0.1) is 0 Å². The fraction of sp³-hybridized carbons (Fsp3) is 0.786. The lowest BCUT2D eigenvalue weighted by atomic mass is 10.0. The molecule has 0 aliphatic rings. The van der Waals surface area contributed by atoms with Gasteiger partial charge in [0.05, 0.1) is 13.2 Å². The van der Waals surface area contributed by atoms with E-state index in [0.717, 1.165) is 38.5 Å². The summed E-state index contributed by atoms with van der Waals surface area (Å²) >= 11 is 0. The number of hydrogen-bond donors (Lipinski definition) is 3. The molecule has 54 heavy (non-hydrogen) atoms. The Labute approximate surface area is 327 Å². The minimum absolute atomic E-state index is 0.152. The van der Waals surface area contributed by atoms with E-state index in [1.165, 1.54) is 96.3 Å². The van der Waals surface area contributed by atoms with Gasteiger partial charge in [-0.25, -0.2) is 4.57 Å². The first kappa shape index (κ1) is 51.7. The number of phosphoric acid groups is 1. The zero-order valence-corrected chi connectivity index (χ0v) is 34.7. The third-order valence-corrected chi connectivity index (χ3v) is 9.84. The molecule has 314 valence electrons. The number of hydrogen-bond acceptors (Lipinski definition) is 9. The summed E-state index contributed by atoms with van der Waals surface area (Å²) in [6, 6.07) is -1.53. The molecular weight excluding hydrogens is 709 g/mol. The summed E-state index contributed by atoms with van der Waals surface area (Å²) in [6.07, 6.45) is 39.3. The van der Waals surface area contributed by atoms with E-state index < -0.39 is 51.1 Å². The second-order valence-corrected chi connectivity index (χ2v) is 15.6. The first-order valence-electron chi connectivity index (χ1n) is 21.0. The molecule has 0 spiro atoms. The van der Waals surface area contributed by atoms with Crippen LogP contribution in [0.15, 0.2) is 36.5 Å². The Hall–Kier alpha value is -2.30. The van der Waals surface area contributed by atoms with Gasteiger partial charge in [-0.1, -0.05) is 159 Å². The van der Waals surface area contributed by atoms with E-state index in [1.54, 1.807) is 0 Å². The van der Waals surface area contributed by atoms with E-state index in [-0.39, 0.29) is 19.4 Å². The Kier molecular flexibility index (Phi) is 36.0. The molecule has 0 aromatic heterocycles. The van der Waals surface area contributed by atoms with Gasteiger partial charge in [-0.2, -0.15) is 0 Å². The van der Waals surface area contributed by atoms with Crippen molar-refractivity contribution in [2.45, 2.75) is 193 Å². The highest BCUT2D eigenvalue weighted by Gasteiger charge is 2.28. The minimum Gasteiger partial charge on any atom is -0.480 e. The van der Waals surface area contributed by atoms with Crippen molar-refractivity contribution < 1.29 is 47.5 Å². The number of esters is 2. The molecule has 0 amide bonds. The van der Waals surface area contributed by atoms with Gasteiger partial charge >= 0.3 is 25.7 Å². The van der Waals surface area contributed by atoms with Gasteiger partial charge in [0.25, 0.3) is 0 Å². The largest absolute Gasteiger partial charge is 0.480 e. The molecule has 12 heteroatoms. The summed E-state index contributed by atoms with van der Waals surface area (Å²) in [7, 11) is -4.72. The van der Waals surface area contributed by atoms with Crippen LogP contribution >= 0.6 is 7.82 Å². The number of nitrogens with two attached hydrogens (primary N) is 1. The van der Waals surface area contributed by atoms with Crippen LogP contribution in [-0.2, 0) is 37.5 Å². The lowest BCUT2D eigenvalue weighted by molar-refractivity contribution is -0.161. The quantitative estimate of drug-likeness (QED) is 0.0234. The van der Waals surface area contributed by atoms with Crippen molar-refractivity contribution in [3.8, 4) is 0 Å². The van der Waals surface area contributed by atoms with E-state index in [1.807, 2.05) is 6.08 Å². The Bertz CT molecular complexity index is 1060. The van der Waals surface area contributed by atoms with E-state index >= 15 is 0 Å². The van der Waals surface area contributed by atoms with Gasteiger partial charge in [-0.3, -0.25) is 23.4 Å². The maximum atomic E-state index is 12.6. The topological polar surface area (TPSA) is 172 Å². The Balaban J connectivity index is 4.46. The minimum atomic E-state index is -4.72. The molecule has 0 bridgehead atoms. The van der Waals surface area contributed by atoms with E-state index in [9.17, 15) is 23.8 Å². The fourth-order valence-corrected chi connectivity index (χ4v) is 6.33. The van der Waals surface area contributed by atoms with Crippen molar-refractivity contribution in [3.63, 3.8) is 0 Å². The molecule has 0 aliphatic heterocycles. The van der Waals surface area contributed by atoms with Gasteiger partial charge in [0.2, 0.25) is 0 Å². The first-order valence-corrected chi connectivity index (χ1v) is 22.5. The van der Waals surface area contributed by atoms with E-state index in [4.69, 9.17) is 24.8 Å². The second-order valence-electron chi connectivity index (χ2n) is 14.1. The van der Waals surface area contributed by atoms with Crippen LogP contribution in [0.1, 0.15) is 181 Å². The predicted molar refractivity (Wildman–Crippen MR) is 217 cm³/mol. The molecule has 0 saturated heterocycles. The molecule has 4 N–H and O–H groups in total. The third-order valence-electron chi connectivity index (χ3n) is 8.89. The van der Waals surface area contributed by atoms with Crippen LogP contribution < -0.4 is 5.73 Å². The number of aliphatic carboxylic acids is 1. The summed E-state index contributed by atoms with van der Waals surface area (Å²) in [6.45, 7) is 2.74. The van der Waals surface area contributed by atoms with Crippen LogP contribution in [0.3, 0.4) is 0 Å². The van der Waals surface area contributed by atoms with Crippen molar-refractivity contribution in [3.05, 3.63) is 36.5 Å². The van der Waals surface area contributed by atoms with Gasteiger partial charge in [-0.05, 0) is 44.9 Å². The summed E-state index contributed by atoms with van der Waals surface area (Å²) in [5.74, 6) is -2.44. The molecule has 1 unspecified atom stereocenters. The molecule has 0 saturated carbocycles. The number of carboxylic acids is 1.